The van der Waals surface area contributed by atoms with Gasteiger partial charge in [0, 0.05) is 29.1 Å². The Kier molecular flexibility index (Phi) is 8.84. The minimum Gasteiger partial charge on any atom is -0.465 e. The summed E-state index contributed by atoms with van der Waals surface area (Å²) in [6.07, 6.45) is 0.817. The first kappa shape index (κ1) is 21.2. The van der Waals surface area contributed by atoms with Crippen molar-refractivity contribution < 1.29 is 14.3 Å². The van der Waals surface area contributed by atoms with Crippen LogP contribution in [0.3, 0.4) is 0 Å². The van der Waals surface area contributed by atoms with Crippen LogP contribution >= 0.6 is 34.2 Å². The van der Waals surface area contributed by atoms with Crippen molar-refractivity contribution in [2.24, 2.45) is 0 Å². The summed E-state index contributed by atoms with van der Waals surface area (Å²) in [5.41, 5.74) is 2.79. The van der Waals surface area contributed by atoms with E-state index in [1.54, 1.807) is 19.2 Å². The molecule has 0 spiro atoms. The van der Waals surface area contributed by atoms with Crippen LogP contribution in [0.2, 0.25) is 5.02 Å². The largest absolute Gasteiger partial charge is 0.465 e. The Morgan fingerprint density at radius 1 is 1.19 bits per heavy atom. The molecular formula is C20H23ClINO3. The van der Waals surface area contributed by atoms with Crippen LogP contribution in [0.15, 0.2) is 48.5 Å². The minimum atomic E-state index is -0.315. The summed E-state index contributed by atoms with van der Waals surface area (Å²) in [6, 6.07) is 15.6. The smallest absolute Gasteiger partial charge is 0.337 e. The number of ether oxygens (including phenoxy) is 2. The van der Waals surface area contributed by atoms with Gasteiger partial charge >= 0.3 is 5.97 Å². The second kappa shape index (κ2) is 10.9. The molecule has 0 bridgehead atoms. The molecule has 2 rings (SSSR count). The Hall–Kier alpha value is -1.15. The molecular weight excluding hydrogens is 465 g/mol. The van der Waals surface area contributed by atoms with Crippen molar-refractivity contribution >= 4 is 40.2 Å². The van der Waals surface area contributed by atoms with Gasteiger partial charge in [0.15, 0.2) is 0 Å². The number of carbonyl (C=O) groups is 1. The highest BCUT2D eigenvalue weighted by Crippen LogP contribution is 2.20. The van der Waals surface area contributed by atoms with Gasteiger partial charge in [-0.3, -0.25) is 0 Å². The average molecular weight is 488 g/mol. The van der Waals surface area contributed by atoms with Gasteiger partial charge < -0.3 is 14.8 Å². The fourth-order valence-corrected chi connectivity index (χ4v) is 3.50. The summed E-state index contributed by atoms with van der Waals surface area (Å²) in [5.74, 6) is -0.315. The van der Waals surface area contributed by atoms with Crippen LogP contribution in [0.25, 0.3) is 0 Å². The van der Waals surface area contributed by atoms with Gasteiger partial charge in [-0.1, -0.05) is 58.5 Å². The van der Waals surface area contributed by atoms with E-state index in [1.165, 1.54) is 12.7 Å². The van der Waals surface area contributed by atoms with Crippen LogP contribution in [0, 0.1) is 0 Å². The van der Waals surface area contributed by atoms with Crippen LogP contribution in [0.5, 0.6) is 0 Å². The Bertz CT molecular complexity index is 708. The van der Waals surface area contributed by atoms with E-state index in [1.807, 2.05) is 36.4 Å². The quantitative estimate of drug-likeness (QED) is 0.323. The standard InChI is InChI=1S/C20H23ClINO3/c1-25-19(16-4-3-5-17(21)11-16)13-23-18(12-22)10-14-6-8-15(9-7-14)20(24)26-2/h3-9,11,18-19,23H,10,12-13H2,1-2H3. The maximum absolute atomic E-state index is 11.5. The van der Waals surface area contributed by atoms with Gasteiger partial charge in [0.05, 0.1) is 18.8 Å². The summed E-state index contributed by atoms with van der Waals surface area (Å²) in [4.78, 5) is 11.5. The molecule has 2 aromatic rings. The SMILES string of the molecule is COC(=O)c1ccc(CC(CI)NCC(OC)c2cccc(Cl)c2)cc1. The number of carbonyl (C=O) groups excluding carboxylic acids is 1. The summed E-state index contributed by atoms with van der Waals surface area (Å²) in [5, 5.41) is 4.28. The second-order valence-corrected chi connectivity index (χ2v) is 7.25. The topological polar surface area (TPSA) is 47.6 Å². The average Bonchev–Trinajstić information content (AvgIpc) is 2.67. The van der Waals surface area contributed by atoms with E-state index in [2.05, 4.69) is 27.9 Å². The molecule has 0 aliphatic heterocycles. The molecule has 0 aliphatic carbocycles. The molecule has 0 fully saturated rings. The number of esters is 1. The normalized spacial score (nSPS) is 13.2. The minimum absolute atomic E-state index is 0.0548. The molecule has 1 N–H and O–H groups in total. The lowest BCUT2D eigenvalue weighted by Crippen LogP contribution is -2.36. The lowest BCUT2D eigenvalue weighted by atomic mass is 10.0. The molecule has 26 heavy (non-hydrogen) atoms. The predicted molar refractivity (Wildman–Crippen MR) is 113 cm³/mol. The van der Waals surface area contributed by atoms with Gasteiger partial charge in [0.2, 0.25) is 0 Å². The van der Waals surface area contributed by atoms with Crippen molar-refractivity contribution in [2.45, 2.75) is 18.6 Å². The first-order valence-corrected chi connectivity index (χ1v) is 10.2. The monoisotopic (exact) mass is 487 g/mol. The number of benzene rings is 2. The van der Waals surface area contributed by atoms with Crippen LogP contribution in [-0.2, 0) is 15.9 Å². The van der Waals surface area contributed by atoms with Gasteiger partial charge in [-0.15, -0.1) is 0 Å². The number of hydrogen-bond acceptors (Lipinski definition) is 4. The Labute approximate surface area is 173 Å². The number of hydrogen-bond donors (Lipinski definition) is 1. The van der Waals surface area contributed by atoms with E-state index >= 15 is 0 Å². The van der Waals surface area contributed by atoms with Gasteiger partial charge in [0.25, 0.3) is 0 Å². The van der Waals surface area contributed by atoms with Crippen molar-refractivity contribution in [3.63, 3.8) is 0 Å². The van der Waals surface area contributed by atoms with Crippen LogP contribution < -0.4 is 5.32 Å². The van der Waals surface area contributed by atoms with E-state index < -0.39 is 0 Å². The van der Waals surface area contributed by atoms with Gasteiger partial charge in [0.1, 0.15) is 0 Å². The molecule has 0 heterocycles. The Morgan fingerprint density at radius 2 is 1.92 bits per heavy atom. The van der Waals surface area contributed by atoms with Crippen molar-refractivity contribution in [1.29, 1.82) is 0 Å². The van der Waals surface area contributed by atoms with Gasteiger partial charge in [-0.25, -0.2) is 4.79 Å². The summed E-state index contributed by atoms with van der Waals surface area (Å²) < 4.78 is 11.3. The molecule has 0 radical (unpaired) electrons. The third kappa shape index (κ3) is 6.23. The molecule has 140 valence electrons. The molecule has 4 nitrogen and oxygen atoms in total. The summed E-state index contributed by atoms with van der Waals surface area (Å²) in [6.45, 7) is 0.699. The molecule has 2 unspecified atom stereocenters. The highest BCUT2D eigenvalue weighted by molar-refractivity contribution is 14.1. The Morgan fingerprint density at radius 3 is 2.50 bits per heavy atom. The van der Waals surface area contributed by atoms with Gasteiger partial charge in [-0.2, -0.15) is 0 Å². The second-order valence-electron chi connectivity index (χ2n) is 5.93. The lowest BCUT2D eigenvalue weighted by Gasteiger charge is -2.22. The zero-order chi connectivity index (χ0) is 18.9. The molecule has 6 heteroatoms. The highest BCUT2D eigenvalue weighted by atomic mass is 127. The maximum atomic E-state index is 11.5. The van der Waals surface area contributed by atoms with Crippen LogP contribution in [-0.4, -0.2) is 37.2 Å². The van der Waals surface area contributed by atoms with Gasteiger partial charge in [-0.05, 0) is 41.8 Å². The Balaban J connectivity index is 1.95. The van der Waals surface area contributed by atoms with E-state index in [9.17, 15) is 4.79 Å². The van der Waals surface area contributed by atoms with E-state index in [-0.39, 0.29) is 12.1 Å². The third-order valence-corrected chi connectivity index (χ3v) is 5.44. The fourth-order valence-electron chi connectivity index (χ4n) is 2.68. The fraction of sp³-hybridized carbons (Fsp3) is 0.350. The summed E-state index contributed by atoms with van der Waals surface area (Å²) in [7, 11) is 3.09. The van der Waals surface area contributed by atoms with E-state index in [0.717, 1.165) is 16.4 Å². The number of methoxy groups -OCH3 is 2. The van der Waals surface area contributed by atoms with Crippen molar-refractivity contribution in [3.8, 4) is 0 Å². The van der Waals surface area contributed by atoms with E-state index in [4.69, 9.17) is 21.1 Å². The molecule has 2 atom stereocenters. The number of halogens is 2. The van der Waals surface area contributed by atoms with Crippen LogP contribution in [0.4, 0.5) is 0 Å². The van der Waals surface area contributed by atoms with Crippen LogP contribution in [0.1, 0.15) is 27.6 Å². The zero-order valence-corrected chi connectivity index (χ0v) is 17.8. The molecule has 0 saturated carbocycles. The summed E-state index contributed by atoms with van der Waals surface area (Å²) >= 11 is 8.46. The van der Waals surface area contributed by atoms with E-state index in [0.29, 0.717) is 23.2 Å². The predicted octanol–water partition coefficient (Wildman–Crippen LogP) is 4.45. The number of alkyl halides is 1. The lowest BCUT2D eigenvalue weighted by molar-refractivity contribution is 0.0600. The third-order valence-electron chi connectivity index (χ3n) is 4.14. The first-order valence-electron chi connectivity index (χ1n) is 8.32. The number of rotatable bonds is 9. The highest BCUT2D eigenvalue weighted by Gasteiger charge is 2.15. The maximum Gasteiger partial charge on any atom is 0.337 e. The van der Waals surface area contributed by atoms with Crippen molar-refractivity contribution in [2.75, 3.05) is 25.2 Å². The molecule has 2 aromatic carbocycles. The molecule has 0 saturated heterocycles. The van der Waals surface area contributed by atoms with Crippen molar-refractivity contribution in [3.05, 3.63) is 70.2 Å². The number of nitrogens with one attached hydrogen (secondary N) is 1. The molecule has 0 aliphatic rings. The van der Waals surface area contributed by atoms with Crippen molar-refractivity contribution in [1.82, 2.24) is 5.32 Å². The first-order chi connectivity index (χ1) is 12.6. The molecule has 0 aromatic heterocycles. The molecule has 0 amide bonds. The zero-order valence-electron chi connectivity index (χ0n) is 14.9.